The Labute approximate surface area is 254 Å². The van der Waals surface area contributed by atoms with Gasteiger partial charge in [0.1, 0.15) is 11.8 Å². The number of benzene rings is 2. The lowest BCUT2D eigenvalue weighted by molar-refractivity contribution is -0.0989. The average Bonchev–Trinajstić information content (AvgIpc) is 3.39. The summed E-state index contributed by atoms with van der Waals surface area (Å²) in [6.07, 6.45) is 8.85. The highest BCUT2D eigenvalue weighted by Gasteiger charge is 2.59. The SMILES string of the molecule is Cn1ccc2c([C@H](Nc3cc(Cl)c4ncc(C#N)c(NCC(C)(C)C)c4c3)c3cn(C45CC(C4)C5)nn3)cccc2c1=O. The van der Waals surface area contributed by atoms with Crippen molar-refractivity contribution in [2.24, 2.45) is 18.4 Å². The van der Waals surface area contributed by atoms with Gasteiger partial charge in [0, 0.05) is 42.4 Å². The van der Waals surface area contributed by atoms with E-state index in [1.54, 1.807) is 24.0 Å². The van der Waals surface area contributed by atoms with E-state index in [0.29, 0.717) is 33.7 Å². The molecule has 2 N–H and O–H groups in total. The van der Waals surface area contributed by atoms with Crippen LogP contribution in [0.4, 0.5) is 11.4 Å². The predicted octanol–water partition coefficient (Wildman–Crippen LogP) is 6.37. The number of halogens is 1. The Hall–Kier alpha value is -4.42. The van der Waals surface area contributed by atoms with Gasteiger partial charge in [0.05, 0.1) is 39.6 Å². The second-order valence-corrected chi connectivity index (χ2v) is 13.7. The van der Waals surface area contributed by atoms with Crippen molar-refractivity contribution in [3.8, 4) is 6.07 Å². The highest BCUT2D eigenvalue weighted by molar-refractivity contribution is 6.35. The highest BCUT2D eigenvalue weighted by Crippen LogP contribution is 2.62. The summed E-state index contributed by atoms with van der Waals surface area (Å²) >= 11 is 6.83. The third-order valence-corrected chi connectivity index (χ3v) is 9.21. The molecule has 0 saturated heterocycles. The van der Waals surface area contributed by atoms with Crippen molar-refractivity contribution < 1.29 is 0 Å². The zero-order chi connectivity index (χ0) is 30.1. The van der Waals surface area contributed by atoms with Crippen LogP contribution in [0.1, 0.15) is 62.9 Å². The zero-order valence-electron chi connectivity index (χ0n) is 24.6. The molecule has 2 aromatic carbocycles. The fourth-order valence-electron chi connectivity index (χ4n) is 6.45. The van der Waals surface area contributed by atoms with Gasteiger partial charge in [0.2, 0.25) is 0 Å². The molecule has 5 aromatic rings. The third kappa shape index (κ3) is 4.61. The Balaban J connectivity index is 1.37. The topological polar surface area (TPSA) is 113 Å². The Morgan fingerprint density at radius 1 is 1.16 bits per heavy atom. The summed E-state index contributed by atoms with van der Waals surface area (Å²) in [5, 5.41) is 29.0. The van der Waals surface area contributed by atoms with E-state index in [1.165, 1.54) is 0 Å². The molecule has 0 spiro atoms. The number of pyridine rings is 2. The van der Waals surface area contributed by atoms with Crippen LogP contribution in [0.2, 0.25) is 5.02 Å². The molecule has 9 nitrogen and oxygen atoms in total. The third-order valence-electron chi connectivity index (χ3n) is 8.92. The first kappa shape index (κ1) is 27.4. The molecular weight excluding hydrogens is 560 g/mol. The van der Waals surface area contributed by atoms with Gasteiger partial charge in [-0.2, -0.15) is 5.26 Å². The van der Waals surface area contributed by atoms with Gasteiger partial charge in [0.25, 0.3) is 5.56 Å². The molecule has 2 bridgehead atoms. The van der Waals surface area contributed by atoms with Crippen molar-refractivity contribution >= 4 is 44.7 Å². The van der Waals surface area contributed by atoms with Gasteiger partial charge in [0.15, 0.2) is 0 Å². The number of hydrogen-bond acceptors (Lipinski definition) is 7. The van der Waals surface area contributed by atoms with E-state index < -0.39 is 6.04 Å². The summed E-state index contributed by atoms with van der Waals surface area (Å²) in [4.78, 5) is 17.6. The first-order valence-electron chi connectivity index (χ1n) is 14.6. The summed E-state index contributed by atoms with van der Waals surface area (Å²) in [7, 11) is 1.76. The lowest BCUT2D eigenvalue weighted by Crippen LogP contribution is -2.59. The summed E-state index contributed by atoms with van der Waals surface area (Å²) < 4.78 is 3.62. The Morgan fingerprint density at radius 2 is 1.95 bits per heavy atom. The van der Waals surface area contributed by atoms with E-state index >= 15 is 0 Å². The van der Waals surface area contributed by atoms with E-state index in [1.807, 2.05) is 47.3 Å². The Bertz CT molecular complexity index is 2000. The predicted molar refractivity (Wildman–Crippen MR) is 169 cm³/mol. The summed E-state index contributed by atoms with van der Waals surface area (Å²) in [5.41, 5.74) is 4.19. The van der Waals surface area contributed by atoms with Gasteiger partial charge < -0.3 is 15.2 Å². The molecule has 10 heteroatoms. The zero-order valence-corrected chi connectivity index (χ0v) is 25.4. The molecule has 3 fully saturated rings. The number of nitriles is 1. The monoisotopic (exact) mass is 592 g/mol. The van der Waals surface area contributed by atoms with Crippen molar-refractivity contribution in [1.82, 2.24) is 24.5 Å². The molecule has 0 unspecified atom stereocenters. The molecule has 3 aliphatic rings. The standard InChI is InChI=1S/C33H33ClN8O/c1-32(2,3)18-37-28-20(15-35)16-36-29-25(28)10-21(11-26(29)34)38-30(27-17-42(40-39-27)33-12-19(13-33)14-33)23-6-5-7-24-22(23)8-9-41(4)31(24)43/h5-11,16-17,19,30,38H,12-14,18H2,1-4H3,(H,36,37)/t19?,30-,33?/m0/s1. The lowest BCUT2D eigenvalue weighted by Gasteiger charge is -2.61. The number of nitrogens with zero attached hydrogens (tertiary/aromatic N) is 6. The van der Waals surface area contributed by atoms with Gasteiger partial charge in [-0.3, -0.25) is 9.78 Å². The molecule has 8 rings (SSSR count). The van der Waals surface area contributed by atoms with Gasteiger partial charge in [-0.15, -0.1) is 5.10 Å². The molecule has 0 radical (unpaired) electrons. The number of aromatic nitrogens is 5. The van der Waals surface area contributed by atoms with Crippen LogP contribution in [-0.2, 0) is 12.6 Å². The fraction of sp³-hybridized carbons (Fsp3) is 0.364. The van der Waals surface area contributed by atoms with Crippen LogP contribution in [-0.4, -0.2) is 31.1 Å². The highest BCUT2D eigenvalue weighted by atomic mass is 35.5. The lowest BCUT2D eigenvalue weighted by atomic mass is 9.50. The van der Waals surface area contributed by atoms with Crippen molar-refractivity contribution in [3.63, 3.8) is 0 Å². The quantitative estimate of drug-likeness (QED) is 0.226. The van der Waals surface area contributed by atoms with E-state index in [0.717, 1.165) is 52.9 Å². The summed E-state index contributed by atoms with van der Waals surface area (Å²) in [6, 6.07) is 13.4. The maximum absolute atomic E-state index is 13.1. The average molecular weight is 593 g/mol. The van der Waals surface area contributed by atoms with Crippen LogP contribution in [0.25, 0.3) is 21.7 Å². The van der Waals surface area contributed by atoms with Gasteiger partial charge in [-0.05, 0) is 65.8 Å². The number of hydrogen-bond donors (Lipinski definition) is 2. The molecule has 218 valence electrons. The van der Waals surface area contributed by atoms with Gasteiger partial charge in [-0.1, -0.05) is 49.7 Å². The minimum absolute atomic E-state index is 0.00921. The number of aryl methyl sites for hydroxylation is 1. The van der Waals surface area contributed by atoms with Gasteiger partial charge >= 0.3 is 0 Å². The van der Waals surface area contributed by atoms with Crippen molar-refractivity contribution in [2.45, 2.75) is 51.6 Å². The van der Waals surface area contributed by atoms with Crippen LogP contribution >= 0.6 is 11.6 Å². The molecule has 1 atom stereocenters. The molecular formula is C33H33ClN8O. The first-order chi connectivity index (χ1) is 20.5. The van der Waals surface area contributed by atoms with E-state index in [9.17, 15) is 10.1 Å². The van der Waals surface area contributed by atoms with Gasteiger partial charge in [-0.25, -0.2) is 4.68 Å². The second kappa shape index (κ2) is 9.81. The number of anilines is 2. The summed E-state index contributed by atoms with van der Waals surface area (Å²) in [5.74, 6) is 0.809. The molecule has 43 heavy (non-hydrogen) atoms. The maximum atomic E-state index is 13.1. The van der Waals surface area contributed by atoms with Crippen molar-refractivity contribution in [2.75, 3.05) is 17.2 Å². The van der Waals surface area contributed by atoms with Crippen LogP contribution < -0.4 is 16.2 Å². The maximum Gasteiger partial charge on any atom is 0.258 e. The second-order valence-electron chi connectivity index (χ2n) is 13.3. The van der Waals surface area contributed by atoms with Crippen molar-refractivity contribution in [3.05, 3.63) is 87.2 Å². The fourth-order valence-corrected chi connectivity index (χ4v) is 6.72. The Kier molecular flexibility index (Phi) is 6.26. The number of nitrogens with one attached hydrogen (secondary N) is 2. The van der Waals surface area contributed by atoms with Crippen LogP contribution in [0.5, 0.6) is 0 Å². The molecule has 3 heterocycles. The molecule has 0 amide bonds. The molecule has 3 saturated carbocycles. The van der Waals surface area contributed by atoms with E-state index in [-0.39, 0.29) is 16.5 Å². The molecule has 0 aliphatic heterocycles. The number of fused-ring (bicyclic) bond motifs is 2. The van der Waals surface area contributed by atoms with Crippen molar-refractivity contribution in [1.29, 1.82) is 5.26 Å². The van der Waals surface area contributed by atoms with E-state index in [2.05, 4.69) is 52.8 Å². The minimum atomic E-state index is -0.427. The smallest absolute Gasteiger partial charge is 0.258 e. The minimum Gasteiger partial charge on any atom is -0.383 e. The van der Waals surface area contributed by atoms with Crippen LogP contribution in [0, 0.1) is 22.7 Å². The largest absolute Gasteiger partial charge is 0.383 e. The van der Waals surface area contributed by atoms with E-state index in [4.69, 9.17) is 11.6 Å². The van der Waals surface area contributed by atoms with Crippen LogP contribution in [0.15, 0.2) is 59.8 Å². The number of rotatable bonds is 7. The molecule has 3 aromatic heterocycles. The first-order valence-corrected chi connectivity index (χ1v) is 15.0. The summed E-state index contributed by atoms with van der Waals surface area (Å²) in [6.45, 7) is 7.07. The molecule has 3 aliphatic carbocycles. The Morgan fingerprint density at radius 3 is 2.65 bits per heavy atom. The van der Waals surface area contributed by atoms with Crippen LogP contribution in [0.3, 0.4) is 0 Å². The normalized spacial score (nSPS) is 19.9.